The van der Waals surface area contributed by atoms with Crippen LogP contribution in [0.3, 0.4) is 0 Å². The van der Waals surface area contributed by atoms with Gasteiger partial charge in [0, 0.05) is 6.04 Å². The minimum absolute atomic E-state index is 0. The molecule has 1 heterocycles. The zero-order chi connectivity index (χ0) is 12.5. The van der Waals surface area contributed by atoms with Crippen molar-refractivity contribution in [3.63, 3.8) is 0 Å². The summed E-state index contributed by atoms with van der Waals surface area (Å²) in [5.41, 5.74) is 0. The average molecular weight is 301 g/mol. The maximum Gasteiger partial charge on any atom is 1.00 e. The Balaban J connectivity index is 0. The summed E-state index contributed by atoms with van der Waals surface area (Å²) in [7, 11) is -4.85. The predicted octanol–water partition coefficient (Wildman–Crippen LogP) is -10.7. The van der Waals surface area contributed by atoms with E-state index in [1.165, 1.54) is 0 Å². The van der Waals surface area contributed by atoms with Gasteiger partial charge >= 0.3 is 59.1 Å². The van der Waals surface area contributed by atoms with Crippen LogP contribution in [0.2, 0.25) is 0 Å². The third-order valence-corrected chi connectivity index (χ3v) is 3.41. The van der Waals surface area contributed by atoms with Crippen molar-refractivity contribution in [2.75, 3.05) is 12.8 Å². The Morgan fingerprint density at radius 2 is 1.44 bits per heavy atom. The quantitative estimate of drug-likeness (QED) is 0.254. The molecule has 1 aliphatic heterocycles. The van der Waals surface area contributed by atoms with Gasteiger partial charge in [0.1, 0.15) is 6.10 Å². The van der Waals surface area contributed by atoms with Gasteiger partial charge in [-0.25, -0.2) is 0 Å². The molecule has 1 saturated heterocycles. The van der Waals surface area contributed by atoms with Crippen molar-refractivity contribution < 1.29 is 93.9 Å². The number of aliphatic hydroxyl groups is 4. The van der Waals surface area contributed by atoms with Crippen LogP contribution in [0, 0.1) is 0 Å². The molecule has 5 unspecified atom stereocenters. The first-order valence-electron chi connectivity index (χ1n) is 4.68. The van der Waals surface area contributed by atoms with E-state index in [9.17, 15) is 29.7 Å². The second-order valence-electron chi connectivity index (χ2n) is 3.83. The van der Waals surface area contributed by atoms with E-state index in [0.717, 1.165) is 0 Å². The molecule has 0 radical (unpaired) electrons. The van der Waals surface area contributed by atoms with Gasteiger partial charge in [-0.2, -0.15) is 0 Å². The first-order valence-corrected chi connectivity index (χ1v) is 6.41. The van der Waals surface area contributed by atoms with Crippen molar-refractivity contribution in [3.8, 4) is 0 Å². The fraction of sp³-hybridized carbons (Fsp3) is 1.00. The summed E-state index contributed by atoms with van der Waals surface area (Å²) in [5, 5.41) is 39.4. The summed E-state index contributed by atoms with van der Waals surface area (Å²) in [6, 6.07) is -2.17. The standard InChI is InChI=1S/C7H16NO7P.2Na/c9-1-3-5(10)7(12)6(11)4(8-3)2-16(13,14)15;;/h3-12H,1-2H2,(H2,13,14,15);;/q;2*+1/p-2. The number of hydrogen-bond acceptors (Lipinski definition) is 8. The number of nitrogens with one attached hydrogen (secondary N) is 1. The monoisotopic (exact) mass is 301 g/mol. The van der Waals surface area contributed by atoms with Crippen LogP contribution in [-0.4, -0.2) is 63.6 Å². The number of hydrogen-bond donors (Lipinski definition) is 5. The zero-order valence-corrected chi connectivity index (χ0v) is 15.2. The third-order valence-electron chi connectivity index (χ3n) is 2.57. The van der Waals surface area contributed by atoms with Gasteiger partial charge in [-0.05, 0) is 6.16 Å². The van der Waals surface area contributed by atoms with Gasteiger partial charge in [-0.3, -0.25) is 0 Å². The van der Waals surface area contributed by atoms with Crippen LogP contribution in [0.4, 0.5) is 0 Å². The van der Waals surface area contributed by atoms with Crippen molar-refractivity contribution in [2.24, 2.45) is 0 Å². The third kappa shape index (κ3) is 6.15. The summed E-state index contributed by atoms with van der Waals surface area (Å²) in [5.74, 6) is 0. The molecule has 1 aliphatic rings. The van der Waals surface area contributed by atoms with Gasteiger partial charge in [0.25, 0.3) is 0 Å². The summed E-state index contributed by atoms with van der Waals surface area (Å²) in [6.07, 6.45) is -5.49. The molecule has 8 nitrogen and oxygen atoms in total. The molecule has 0 aromatic carbocycles. The summed E-state index contributed by atoms with van der Waals surface area (Å²) in [4.78, 5) is 21.1. The van der Waals surface area contributed by atoms with Crippen molar-refractivity contribution in [1.82, 2.24) is 5.32 Å². The molecule has 5 atom stereocenters. The van der Waals surface area contributed by atoms with E-state index in [2.05, 4.69) is 5.32 Å². The van der Waals surface area contributed by atoms with Crippen LogP contribution >= 0.6 is 7.60 Å². The van der Waals surface area contributed by atoms with Crippen molar-refractivity contribution in [3.05, 3.63) is 0 Å². The van der Waals surface area contributed by atoms with Crippen LogP contribution in [0.1, 0.15) is 0 Å². The van der Waals surface area contributed by atoms with E-state index in [4.69, 9.17) is 5.11 Å². The van der Waals surface area contributed by atoms with Gasteiger partial charge in [0.15, 0.2) is 0 Å². The van der Waals surface area contributed by atoms with Crippen LogP contribution in [-0.2, 0) is 4.57 Å². The zero-order valence-electron chi connectivity index (χ0n) is 10.3. The van der Waals surface area contributed by atoms with Gasteiger partial charge < -0.3 is 40.1 Å². The number of rotatable bonds is 3. The fourth-order valence-corrected chi connectivity index (χ4v) is 2.52. The van der Waals surface area contributed by atoms with Gasteiger partial charge in [0.05, 0.1) is 24.9 Å². The molecule has 0 saturated carbocycles. The molecule has 0 aliphatic carbocycles. The minimum Gasteiger partial charge on any atom is -0.811 e. The van der Waals surface area contributed by atoms with Gasteiger partial charge in [-0.15, -0.1) is 0 Å². The van der Waals surface area contributed by atoms with Crippen molar-refractivity contribution in [2.45, 2.75) is 30.4 Å². The molecule has 1 rings (SSSR count). The summed E-state index contributed by atoms with van der Waals surface area (Å²) < 4.78 is 10.5. The topological polar surface area (TPSA) is 156 Å². The molecular weight excluding hydrogens is 287 g/mol. The predicted molar refractivity (Wildman–Crippen MR) is 48.3 cm³/mol. The molecule has 18 heavy (non-hydrogen) atoms. The number of aliphatic hydroxyl groups excluding tert-OH is 4. The Bertz CT molecular complexity index is 289. The minimum atomic E-state index is -4.85. The van der Waals surface area contributed by atoms with E-state index >= 15 is 0 Å². The molecule has 96 valence electrons. The Hall–Kier alpha value is 1.95. The average Bonchev–Trinajstić information content (AvgIpc) is 2.17. The van der Waals surface area contributed by atoms with E-state index < -0.39 is 50.8 Å². The molecule has 0 aromatic heterocycles. The molecule has 5 N–H and O–H groups in total. The first kappa shape index (κ1) is 22.2. The van der Waals surface area contributed by atoms with Crippen LogP contribution in [0.15, 0.2) is 0 Å². The summed E-state index contributed by atoms with van der Waals surface area (Å²) >= 11 is 0. The molecule has 1 fully saturated rings. The maximum absolute atomic E-state index is 10.5. The van der Waals surface area contributed by atoms with Crippen molar-refractivity contribution >= 4 is 7.60 Å². The van der Waals surface area contributed by atoms with Gasteiger partial charge in [-0.1, -0.05) is 7.60 Å². The largest absolute Gasteiger partial charge is 1.00 e. The molecule has 0 spiro atoms. The van der Waals surface area contributed by atoms with E-state index in [1.54, 1.807) is 0 Å². The fourth-order valence-electron chi connectivity index (χ4n) is 1.71. The second kappa shape index (κ2) is 9.07. The molecule has 11 heteroatoms. The Morgan fingerprint density at radius 3 is 1.83 bits per heavy atom. The summed E-state index contributed by atoms with van der Waals surface area (Å²) in [6.45, 7) is -0.552. The molecule has 0 amide bonds. The van der Waals surface area contributed by atoms with Crippen molar-refractivity contribution in [1.29, 1.82) is 0 Å². The Morgan fingerprint density at radius 1 is 1.00 bits per heavy atom. The maximum atomic E-state index is 10.5. The van der Waals surface area contributed by atoms with E-state index in [0.29, 0.717) is 0 Å². The first-order chi connectivity index (χ1) is 7.26. The smallest absolute Gasteiger partial charge is 0.811 e. The van der Waals surface area contributed by atoms with E-state index in [-0.39, 0.29) is 59.1 Å². The Labute approximate surface area is 149 Å². The molecular formula is C7H14NNa2O7P. The normalized spacial score (nSPS) is 36.4. The SMILES string of the molecule is O=P([O-])([O-])CC1NC(CO)C(O)C(O)C1O.[Na+].[Na+]. The Kier molecular flexibility index (Phi) is 11.2. The number of piperidine rings is 1. The van der Waals surface area contributed by atoms with E-state index in [1.807, 2.05) is 0 Å². The van der Waals surface area contributed by atoms with Gasteiger partial charge in [0.2, 0.25) is 0 Å². The van der Waals surface area contributed by atoms with Crippen LogP contribution < -0.4 is 74.2 Å². The van der Waals surface area contributed by atoms with Crippen LogP contribution in [0.25, 0.3) is 0 Å². The second-order valence-corrected chi connectivity index (χ2v) is 5.41. The van der Waals surface area contributed by atoms with Crippen LogP contribution in [0.5, 0.6) is 0 Å². The molecule has 0 bridgehead atoms. The molecule has 0 aromatic rings.